The molecule has 2 N–H and O–H groups in total. The lowest BCUT2D eigenvalue weighted by Crippen LogP contribution is -2.40. The summed E-state index contributed by atoms with van der Waals surface area (Å²) in [5.74, 6) is -1.42. The number of aromatic nitrogens is 1. The molecule has 3 fully saturated rings. The Bertz CT molecular complexity index is 1040. The Morgan fingerprint density at radius 1 is 1.28 bits per heavy atom. The van der Waals surface area contributed by atoms with Crippen LogP contribution < -0.4 is 15.6 Å². The van der Waals surface area contributed by atoms with Gasteiger partial charge in [0.1, 0.15) is 11.4 Å². The fourth-order valence-electron chi connectivity index (χ4n) is 4.74. The molecule has 6 nitrogen and oxygen atoms in total. The number of pyridine rings is 1. The second-order valence-corrected chi connectivity index (χ2v) is 8.48. The fraction of sp³-hybridized carbons (Fsp3) is 0.500. The van der Waals surface area contributed by atoms with Gasteiger partial charge in [-0.25, -0.2) is 9.18 Å². The number of rotatable bonds is 3. The predicted molar refractivity (Wildman–Crippen MR) is 112 cm³/mol. The molecule has 0 radical (unpaired) electrons. The Labute approximate surface area is 178 Å². The molecule has 1 saturated carbocycles. The molecule has 2 atom stereocenters. The van der Waals surface area contributed by atoms with Crippen LogP contribution in [0.4, 0.5) is 10.1 Å². The topological polar surface area (TPSA) is 74.6 Å². The summed E-state index contributed by atoms with van der Waals surface area (Å²) in [5, 5.41) is 13.1. The van der Waals surface area contributed by atoms with Gasteiger partial charge in [0.15, 0.2) is 0 Å². The van der Waals surface area contributed by atoms with Crippen LogP contribution in [0.25, 0.3) is 10.9 Å². The summed E-state index contributed by atoms with van der Waals surface area (Å²) >= 11 is 6.70. The number of halogens is 3. The van der Waals surface area contributed by atoms with Gasteiger partial charge in [0.05, 0.1) is 21.6 Å². The lowest BCUT2D eigenvalue weighted by molar-refractivity contribution is 0.0695. The molecule has 9 heteroatoms. The van der Waals surface area contributed by atoms with Crippen LogP contribution in [-0.2, 0) is 0 Å². The maximum Gasteiger partial charge on any atom is 0.341 e. The highest BCUT2D eigenvalue weighted by molar-refractivity contribution is 6.38. The maximum absolute atomic E-state index is 15.1. The third-order valence-electron chi connectivity index (χ3n) is 6.27. The summed E-state index contributed by atoms with van der Waals surface area (Å²) in [6.07, 6.45) is 5.36. The number of benzene rings is 1. The number of hydrogen-bond acceptors (Lipinski definition) is 4. The molecule has 3 heterocycles. The molecule has 2 saturated heterocycles. The molecule has 156 valence electrons. The Morgan fingerprint density at radius 3 is 2.69 bits per heavy atom. The molecule has 0 bridgehead atoms. The Balaban J connectivity index is 0.00000205. The number of carboxylic acids is 1. The molecule has 0 amide bonds. The Hall–Kier alpha value is -1.83. The van der Waals surface area contributed by atoms with Gasteiger partial charge in [-0.1, -0.05) is 11.6 Å². The number of piperidine rings is 1. The maximum atomic E-state index is 15.1. The monoisotopic (exact) mass is 441 g/mol. The van der Waals surface area contributed by atoms with E-state index in [-0.39, 0.29) is 34.4 Å². The third-order valence-corrected chi connectivity index (χ3v) is 6.63. The van der Waals surface area contributed by atoms with Gasteiger partial charge < -0.3 is 19.9 Å². The van der Waals surface area contributed by atoms with Gasteiger partial charge in [-0.3, -0.25) is 4.79 Å². The molecule has 2 aromatic rings. The molecule has 29 heavy (non-hydrogen) atoms. The quantitative estimate of drug-likeness (QED) is 0.762. The van der Waals surface area contributed by atoms with Crippen LogP contribution in [0.2, 0.25) is 5.02 Å². The van der Waals surface area contributed by atoms with Gasteiger partial charge >= 0.3 is 5.97 Å². The molecular weight excluding hydrogens is 420 g/mol. The highest BCUT2D eigenvalue weighted by atomic mass is 35.5. The van der Waals surface area contributed by atoms with E-state index in [4.69, 9.17) is 11.6 Å². The zero-order chi connectivity index (χ0) is 19.6. The van der Waals surface area contributed by atoms with Crippen molar-refractivity contribution in [1.82, 2.24) is 9.88 Å². The molecule has 2 unspecified atom stereocenters. The largest absolute Gasteiger partial charge is 0.477 e. The molecule has 1 aromatic carbocycles. The van der Waals surface area contributed by atoms with Crippen molar-refractivity contribution >= 4 is 46.6 Å². The van der Waals surface area contributed by atoms with E-state index in [2.05, 4.69) is 5.32 Å². The minimum absolute atomic E-state index is 0. The van der Waals surface area contributed by atoms with E-state index in [0.29, 0.717) is 29.7 Å². The van der Waals surface area contributed by atoms with Crippen molar-refractivity contribution in [2.24, 2.45) is 5.92 Å². The Morgan fingerprint density at radius 2 is 2.03 bits per heavy atom. The van der Waals surface area contributed by atoms with Gasteiger partial charge in [0, 0.05) is 31.4 Å². The number of nitrogens with zero attached hydrogens (tertiary/aromatic N) is 2. The summed E-state index contributed by atoms with van der Waals surface area (Å²) in [5.41, 5.74) is -0.275. The second-order valence-electron chi connectivity index (χ2n) is 8.10. The molecule has 1 aromatic heterocycles. The van der Waals surface area contributed by atoms with Crippen LogP contribution in [-0.4, -0.2) is 41.3 Å². The third kappa shape index (κ3) is 3.29. The summed E-state index contributed by atoms with van der Waals surface area (Å²) < 4.78 is 16.9. The first-order valence-corrected chi connectivity index (χ1v) is 10.1. The number of anilines is 1. The summed E-state index contributed by atoms with van der Waals surface area (Å²) in [6, 6.07) is 1.58. The van der Waals surface area contributed by atoms with E-state index < -0.39 is 17.2 Å². The molecule has 0 spiro atoms. The zero-order valence-corrected chi connectivity index (χ0v) is 17.2. The molecular formula is C20H22Cl2FN3O3. The van der Waals surface area contributed by atoms with Crippen molar-refractivity contribution in [3.05, 3.63) is 38.9 Å². The van der Waals surface area contributed by atoms with Crippen molar-refractivity contribution in [3.8, 4) is 0 Å². The van der Waals surface area contributed by atoms with Gasteiger partial charge in [-0.15, -0.1) is 12.4 Å². The summed E-state index contributed by atoms with van der Waals surface area (Å²) in [7, 11) is 0. The molecule has 3 aliphatic rings. The average Bonchev–Trinajstić information content (AvgIpc) is 3.41. The van der Waals surface area contributed by atoms with Gasteiger partial charge in [-0.05, 0) is 44.2 Å². The number of fused-ring (bicyclic) bond motifs is 2. The predicted octanol–water partition coefficient (Wildman–Crippen LogP) is 3.44. The SMILES string of the molecule is Cl.O=C(O)c1cn(C2CC2)c2c(Cl)c(N3CC4CCCNC4C3)c(F)cc2c1=O. The van der Waals surface area contributed by atoms with Gasteiger partial charge in [-0.2, -0.15) is 0 Å². The standard InChI is InChI=1S/C20H21ClFN3O3.ClH/c21-16-17-12(19(26)13(20(27)28)8-25(17)11-3-4-11)6-14(22)18(16)24-7-10-2-1-5-23-15(10)9-24;/h6,8,10-11,15,23H,1-5,7,9H2,(H,27,28);1H. The second kappa shape index (κ2) is 7.45. The van der Waals surface area contributed by atoms with Gasteiger partial charge in [0.2, 0.25) is 5.43 Å². The molecule has 2 aliphatic heterocycles. The lowest BCUT2D eigenvalue weighted by Gasteiger charge is -2.24. The number of hydrogen-bond donors (Lipinski definition) is 2. The van der Waals surface area contributed by atoms with Crippen LogP contribution in [0.1, 0.15) is 42.1 Å². The fourth-order valence-corrected chi connectivity index (χ4v) is 5.15. The smallest absolute Gasteiger partial charge is 0.341 e. The number of nitrogens with one attached hydrogen (secondary N) is 1. The van der Waals surface area contributed by atoms with Crippen LogP contribution in [0.5, 0.6) is 0 Å². The van der Waals surface area contributed by atoms with E-state index in [0.717, 1.165) is 38.8 Å². The lowest BCUT2D eigenvalue weighted by atomic mass is 9.94. The highest BCUT2D eigenvalue weighted by Gasteiger charge is 2.37. The summed E-state index contributed by atoms with van der Waals surface area (Å²) in [4.78, 5) is 26.1. The van der Waals surface area contributed by atoms with Crippen molar-refractivity contribution in [3.63, 3.8) is 0 Å². The van der Waals surface area contributed by atoms with E-state index in [9.17, 15) is 14.7 Å². The first-order chi connectivity index (χ1) is 13.5. The van der Waals surface area contributed by atoms with Crippen molar-refractivity contribution < 1.29 is 14.3 Å². The van der Waals surface area contributed by atoms with Crippen LogP contribution in [0, 0.1) is 11.7 Å². The van der Waals surface area contributed by atoms with E-state index in [1.54, 1.807) is 4.57 Å². The minimum atomic E-state index is -1.31. The highest BCUT2D eigenvalue weighted by Crippen LogP contribution is 2.43. The van der Waals surface area contributed by atoms with E-state index >= 15 is 4.39 Å². The van der Waals surface area contributed by atoms with Crippen molar-refractivity contribution in [2.45, 2.75) is 37.8 Å². The van der Waals surface area contributed by atoms with Crippen LogP contribution in [0.3, 0.4) is 0 Å². The molecule has 5 rings (SSSR count). The van der Waals surface area contributed by atoms with Gasteiger partial charge in [0.25, 0.3) is 0 Å². The summed E-state index contributed by atoms with van der Waals surface area (Å²) in [6.45, 7) is 2.37. The van der Waals surface area contributed by atoms with E-state index in [1.807, 2.05) is 4.90 Å². The Kier molecular flexibility index (Phi) is 5.25. The van der Waals surface area contributed by atoms with Crippen LogP contribution >= 0.6 is 24.0 Å². The normalized spacial score (nSPS) is 23.7. The first-order valence-electron chi connectivity index (χ1n) is 9.74. The number of carboxylic acid groups (broad SMARTS) is 1. The van der Waals surface area contributed by atoms with Crippen molar-refractivity contribution in [2.75, 3.05) is 24.5 Å². The number of carbonyl (C=O) groups is 1. The van der Waals surface area contributed by atoms with Crippen LogP contribution in [0.15, 0.2) is 17.1 Å². The van der Waals surface area contributed by atoms with E-state index in [1.165, 1.54) is 12.3 Å². The zero-order valence-electron chi connectivity index (χ0n) is 15.7. The molecule has 1 aliphatic carbocycles. The first kappa shape index (κ1) is 20.4. The van der Waals surface area contributed by atoms with Crippen molar-refractivity contribution in [1.29, 1.82) is 0 Å². The average molecular weight is 442 g/mol. The number of aromatic carboxylic acids is 1. The minimum Gasteiger partial charge on any atom is -0.477 e.